The Morgan fingerprint density at radius 3 is 2.30 bits per heavy atom. The molecule has 9 nitrogen and oxygen atoms in total. The summed E-state index contributed by atoms with van der Waals surface area (Å²) in [5.41, 5.74) is 9.40. The minimum atomic E-state index is -0.662. The first-order chi connectivity index (χ1) is 12.7. The SMILES string of the molecule is CC1=CC(C)=N/C1=C(/c1ccc([N+](=O)[O-])cc1[N+](=O)[O-])c1[nH]c(N)cc1C. The fourth-order valence-corrected chi connectivity index (χ4v) is 3.15. The van der Waals surface area contributed by atoms with Crippen LogP contribution in [-0.4, -0.2) is 20.5 Å². The number of rotatable bonds is 4. The molecule has 0 atom stereocenters. The van der Waals surface area contributed by atoms with Gasteiger partial charge in [-0.2, -0.15) is 0 Å². The van der Waals surface area contributed by atoms with Crippen LogP contribution in [0.5, 0.6) is 0 Å². The van der Waals surface area contributed by atoms with Crippen LogP contribution in [-0.2, 0) is 0 Å². The summed E-state index contributed by atoms with van der Waals surface area (Å²) in [5, 5.41) is 22.7. The topological polar surface area (TPSA) is 140 Å². The lowest BCUT2D eigenvalue weighted by atomic mass is 9.94. The Morgan fingerprint density at radius 2 is 1.81 bits per heavy atom. The van der Waals surface area contributed by atoms with Crippen molar-refractivity contribution in [2.75, 3.05) is 5.73 Å². The Hall–Kier alpha value is -3.75. The van der Waals surface area contributed by atoms with Gasteiger partial charge in [0, 0.05) is 17.4 Å². The van der Waals surface area contributed by atoms with Crippen molar-refractivity contribution in [2.45, 2.75) is 20.8 Å². The molecule has 0 unspecified atom stereocenters. The monoisotopic (exact) mass is 367 g/mol. The van der Waals surface area contributed by atoms with Crippen molar-refractivity contribution in [3.05, 3.63) is 78.7 Å². The molecule has 0 amide bonds. The maximum Gasteiger partial charge on any atom is 0.284 e. The van der Waals surface area contributed by atoms with Gasteiger partial charge in [-0.3, -0.25) is 25.2 Å². The second-order valence-corrected chi connectivity index (χ2v) is 6.30. The average Bonchev–Trinajstić information content (AvgIpc) is 3.09. The number of allylic oxidation sites excluding steroid dienone is 2. The molecule has 2 aromatic rings. The summed E-state index contributed by atoms with van der Waals surface area (Å²) in [6.45, 7) is 5.51. The van der Waals surface area contributed by atoms with E-state index in [4.69, 9.17) is 5.73 Å². The maximum atomic E-state index is 11.7. The second-order valence-electron chi connectivity index (χ2n) is 6.30. The molecule has 0 bridgehead atoms. The van der Waals surface area contributed by atoms with Crippen LogP contribution in [0.15, 0.2) is 46.6 Å². The van der Waals surface area contributed by atoms with Crippen LogP contribution >= 0.6 is 0 Å². The van der Waals surface area contributed by atoms with Gasteiger partial charge in [0.15, 0.2) is 0 Å². The van der Waals surface area contributed by atoms with Crippen molar-refractivity contribution in [1.82, 2.24) is 4.98 Å². The number of hydrogen-bond acceptors (Lipinski definition) is 6. The maximum absolute atomic E-state index is 11.7. The van der Waals surface area contributed by atoms with Gasteiger partial charge in [-0.15, -0.1) is 0 Å². The fourth-order valence-electron chi connectivity index (χ4n) is 3.15. The number of aromatic amines is 1. The standard InChI is InChI=1S/C18H17N5O4/c1-9-6-11(3)20-17(9)16(18-10(2)7-15(19)21-18)13-5-4-12(22(24)25)8-14(13)23(26)27/h4-8,21H,19H2,1-3H3/b17-16-. The summed E-state index contributed by atoms with van der Waals surface area (Å²) in [5.74, 6) is 0.408. The molecule has 0 aliphatic carbocycles. The number of H-pyrrole nitrogens is 1. The van der Waals surface area contributed by atoms with Crippen molar-refractivity contribution >= 4 is 28.5 Å². The third-order valence-corrected chi connectivity index (χ3v) is 4.27. The summed E-state index contributed by atoms with van der Waals surface area (Å²) < 4.78 is 0. The van der Waals surface area contributed by atoms with Crippen LogP contribution < -0.4 is 5.73 Å². The second kappa shape index (κ2) is 6.52. The lowest BCUT2D eigenvalue weighted by Crippen LogP contribution is -2.02. The minimum Gasteiger partial charge on any atom is -0.385 e. The molecule has 138 valence electrons. The number of non-ortho nitro benzene ring substituents is 1. The smallest absolute Gasteiger partial charge is 0.284 e. The molecule has 1 aliphatic rings. The van der Waals surface area contributed by atoms with Gasteiger partial charge in [0.25, 0.3) is 11.4 Å². The molecule has 1 aromatic carbocycles. The molecule has 27 heavy (non-hydrogen) atoms. The Labute approximate surface area is 154 Å². The molecule has 3 rings (SSSR count). The summed E-state index contributed by atoms with van der Waals surface area (Å²) >= 11 is 0. The molecule has 3 N–H and O–H groups in total. The van der Waals surface area contributed by atoms with E-state index in [0.717, 1.165) is 22.9 Å². The van der Waals surface area contributed by atoms with Crippen LogP contribution in [0.2, 0.25) is 0 Å². The first-order valence-corrected chi connectivity index (χ1v) is 8.06. The number of nitrogens with one attached hydrogen (secondary N) is 1. The van der Waals surface area contributed by atoms with E-state index in [9.17, 15) is 20.2 Å². The molecule has 0 saturated carbocycles. The number of aryl methyl sites for hydroxylation is 1. The minimum absolute atomic E-state index is 0.233. The molecule has 9 heteroatoms. The van der Waals surface area contributed by atoms with Crippen molar-refractivity contribution < 1.29 is 9.85 Å². The van der Waals surface area contributed by atoms with E-state index in [1.165, 1.54) is 12.1 Å². The van der Waals surface area contributed by atoms with Gasteiger partial charge in [0.2, 0.25) is 0 Å². The largest absolute Gasteiger partial charge is 0.385 e. The molecular formula is C18H17N5O4. The molecule has 1 aromatic heterocycles. The van der Waals surface area contributed by atoms with Gasteiger partial charge in [-0.1, -0.05) is 0 Å². The molecule has 2 heterocycles. The molecule has 0 fully saturated rings. The fraction of sp³-hybridized carbons (Fsp3) is 0.167. The van der Waals surface area contributed by atoms with E-state index in [0.29, 0.717) is 22.8 Å². The highest BCUT2D eigenvalue weighted by Gasteiger charge is 2.28. The summed E-state index contributed by atoms with van der Waals surface area (Å²) in [6, 6.07) is 5.31. The quantitative estimate of drug-likeness (QED) is 0.623. The summed E-state index contributed by atoms with van der Waals surface area (Å²) in [4.78, 5) is 29.0. The number of benzene rings is 1. The third-order valence-electron chi connectivity index (χ3n) is 4.27. The number of anilines is 1. The van der Waals surface area contributed by atoms with E-state index >= 15 is 0 Å². The number of aromatic nitrogens is 1. The van der Waals surface area contributed by atoms with E-state index in [1.54, 1.807) is 6.07 Å². The zero-order valence-corrected chi connectivity index (χ0v) is 14.9. The van der Waals surface area contributed by atoms with Gasteiger partial charge in [0.05, 0.1) is 32.9 Å². The highest BCUT2D eigenvalue weighted by molar-refractivity contribution is 6.01. The summed E-state index contributed by atoms with van der Waals surface area (Å²) in [7, 11) is 0. The first-order valence-electron chi connectivity index (χ1n) is 8.06. The van der Waals surface area contributed by atoms with Crippen molar-refractivity contribution in [2.24, 2.45) is 4.99 Å². The lowest BCUT2D eigenvalue weighted by Gasteiger charge is -2.12. The Kier molecular flexibility index (Phi) is 4.36. The number of nitrogen functional groups attached to an aromatic ring is 1. The third kappa shape index (κ3) is 3.22. The zero-order chi connectivity index (χ0) is 19.9. The molecule has 1 aliphatic heterocycles. The average molecular weight is 367 g/mol. The normalized spacial score (nSPS) is 15.4. The molecular weight excluding hydrogens is 350 g/mol. The van der Waals surface area contributed by atoms with Crippen molar-refractivity contribution in [3.63, 3.8) is 0 Å². The molecule has 0 saturated heterocycles. The highest BCUT2D eigenvalue weighted by atomic mass is 16.6. The van der Waals surface area contributed by atoms with Crippen molar-refractivity contribution in [3.8, 4) is 0 Å². The van der Waals surface area contributed by atoms with Gasteiger partial charge in [0.1, 0.15) is 5.82 Å². The lowest BCUT2D eigenvalue weighted by molar-refractivity contribution is -0.394. The number of aliphatic imine (C=N–C) groups is 1. The number of nitrogens with zero attached hydrogens (tertiary/aromatic N) is 3. The van der Waals surface area contributed by atoms with Crippen LogP contribution in [0.4, 0.5) is 17.2 Å². The Balaban J connectivity index is 2.39. The molecule has 0 spiro atoms. The number of nitro groups is 2. The zero-order valence-electron chi connectivity index (χ0n) is 14.9. The summed E-state index contributed by atoms with van der Waals surface area (Å²) in [6.07, 6.45) is 1.87. The predicted molar refractivity (Wildman–Crippen MR) is 103 cm³/mol. The van der Waals surface area contributed by atoms with Crippen LogP contribution in [0.3, 0.4) is 0 Å². The van der Waals surface area contributed by atoms with Gasteiger partial charge < -0.3 is 10.7 Å². The first kappa shape index (κ1) is 18.1. The predicted octanol–water partition coefficient (Wildman–Crippen LogP) is 3.90. The van der Waals surface area contributed by atoms with Crippen molar-refractivity contribution in [1.29, 1.82) is 0 Å². The van der Waals surface area contributed by atoms with Crippen LogP contribution in [0, 0.1) is 27.2 Å². The van der Waals surface area contributed by atoms with E-state index in [-0.39, 0.29) is 16.9 Å². The number of nitrogens with two attached hydrogens (primary N) is 1. The Morgan fingerprint density at radius 1 is 1.11 bits per heavy atom. The van der Waals surface area contributed by atoms with E-state index in [2.05, 4.69) is 9.98 Å². The Bertz CT molecular complexity index is 1080. The van der Waals surface area contributed by atoms with E-state index < -0.39 is 9.85 Å². The van der Waals surface area contributed by atoms with Gasteiger partial charge in [-0.05, 0) is 50.1 Å². The molecule has 0 radical (unpaired) electrons. The van der Waals surface area contributed by atoms with Crippen LogP contribution in [0.1, 0.15) is 30.7 Å². The van der Waals surface area contributed by atoms with Crippen LogP contribution in [0.25, 0.3) is 5.57 Å². The van der Waals surface area contributed by atoms with E-state index in [1.807, 2.05) is 26.8 Å². The highest BCUT2D eigenvalue weighted by Crippen LogP contribution is 2.40. The number of nitro benzene ring substituents is 2. The van der Waals surface area contributed by atoms with Gasteiger partial charge >= 0.3 is 0 Å². The van der Waals surface area contributed by atoms with Gasteiger partial charge in [-0.25, -0.2) is 0 Å². The number of hydrogen-bond donors (Lipinski definition) is 2.